The molecular formula is C15H13BrN2O4. The average Bonchev–Trinajstić information content (AvgIpc) is 2.50. The molecule has 0 bridgehead atoms. The number of methoxy groups -OCH3 is 1. The van der Waals surface area contributed by atoms with E-state index in [4.69, 9.17) is 9.84 Å². The number of hydrogen-bond acceptors (Lipinski definition) is 5. The third-order valence-corrected chi connectivity index (χ3v) is 3.29. The molecule has 0 atom stereocenters. The second-order valence-corrected chi connectivity index (χ2v) is 5.18. The number of halogens is 1. The SMILES string of the molecule is COc1cc(Br)cc(C=NNc2ccccc2C(=O)O)c1O. The Labute approximate surface area is 135 Å². The van der Waals surface area contributed by atoms with E-state index in [1.165, 1.54) is 19.4 Å². The normalized spacial score (nSPS) is 10.6. The summed E-state index contributed by atoms with van der Waals surface area (Å²) in [6, 6.07) is 9.68. The molecule has 0 unspecified atom stereocenters. The Morgan fingerprint density at radius 1 is 1.36 bits per heavy atom. The number of aromatic hydroxyl groups is 1. The van der Waals surface area contributed by atoms with Gasteiger partial charge in [-0.2, -0.15) is 5.10 Å². The Morgan fingerprint density at radius 3 is 2.77 bits per heavy atom. The van der Waals surface area contributed by atoms with Gasteiger partial charge < -0.3 is 14.9 Å². The zero-order chi connectivity index (χ0) is 16.1. The molecule has 0 saturated heterocycles. The number of rotatable bonds is 5. The van der Waals surface area contributed by atoms with E-state index in [0.29, 0.717) is 17.0 Å². The summed E-state index contributed by atoms with van der Waals surface area (Å²) in [6.45, 7) is 0. The van der Waals surface area contributed by atoms with Crippen molar-refractivity contribution in [3.05, 3.63) is 52.0 Å². The number of ether oxygens (including phenoxy) is 1. The Kier molecular flexibility index (Phi) is 5.00. The van der Waals surface area contributed by atoms with Crippen molar-refractivity contribution in [2.45, 2.75) is 0 Å². The zero-order valence-corrected chi connectivity index (χ0v) is 13.2. The van der Waals surface area contributed by atoms with Crippen LogP contribution >= 0.6 is 15.9 Å². The average molecular weight is 365 g/mol. The summed E-state index contributed by atoms with van der Waals surface area (Å²) < 4.78 is 5.76. The van der Waals surface area contributed by atoms with Crippen LogP contribution in [0.25, 0.3) is 0 Å². The molecule has 0 radical (unpaired) electrons. The Morgan fingerprint density at radius 2 is 2.09 bits per heavy atom. The lowest BCUT2D eigenvalue weighted by molar-refractivity contribution is 0.0698. The summed E-state index contributed by atoms with van der Waals surface area (Å²) in [5.74, 6) is -0.796. The van der Waals surface area contributed by atoms with Gasteiger partial charge in [0, 0.05) is 10.0 Å². The predicted octanol–water partition coefficient (Wildman–Crippen LogP) is 3.31. The molecule has 2 aromatic carbocycles. The smallest absolute Gasteiger partial charge is 0.337 e. The molecule has 6 nitrogen and oxygen atoms in total. The first-order valence-electron chi connectivity index (χ1n) is 6.21. The van der Waals surface area contributed by atoms with E-state index in [2.05, 4.69) is 26.5 Å². The highest BCUT2D eigenvalue weighted by molar-refractivity contribution is 9.10. The molecule has 3 N–H and O–H groups in total. The van der Waals surface area contributed by atoms with Gasteiger partial charge in [0.05, 0.1) is 24.6 Å². The van der Waals surface area contributed by atoms with E-state index in [-0.39, 0.29) is 11.3 Å². The maximum atomic E-state index is 11.1. The van der Waals surface area contributed by atoms with Gasteiger partial charge in [0.25, 0.3) is 0 Å². The standard InChI is InChI=1S/C15H13BrN2O4/c1-22-13-7-10(16)6-9(14(13)19)8-17-18-12-5-3-2-4-11(12)15(20)21/h2-8,18-19H,1H3,(H,20,21). The van der Waals surface area contributed by atoms with E-state index in [0.717, 1.165) is 4.47 Å². The lowest BCUT2D eigenvalue weighted by atomic mass is 10.2. The molecule has 0 spiro atoms. The highest BCUT2D eigenvalue weighted by atomic mass is 79.9. The first-order valence-corrected chi connectivity index (χ1v) is 7.00. The van der Waals surface area contributed by atoms with Gasteiger partial charge in [0.15, 0.2) is 11.5 Å². The fourth-order valence-electron chi connectivity index (χ4n) is 1.79. The molecule has 22 heavy (non-hydrogen) atoms. The fraction of sp³-hybridized carbons (Fsp3) is 0.0667. The summed E-state index contributed by atoms with van der Waals surface area (Å²) in [5, 5.41) is 23.0. The number of hydrogen-bond donors (Lipinski definition) is 3. The van der Waals surface area contributed by atoms with Crippen molar-refractivity contribution in [1.29, 1.82) is 0 Å². The van der Waals surface area contributed by atoms with E-state index in [1.807, 2.05) is 0 Å². The van der Waals surface area contributed by atoms with Crippen LogP contribution in [-0.2, 0) is 0 Å². The summed E-state index contributed by atoms with van der Waals surface area (Å²) in [4.78, 5) is 11.1. The second kappa shape index (κ2) is 6.95. The van der Waals surface area contributed by atoms with Crippen molar-refractivity contribution in [1.82, 2.24) is 0 Å². The van der Waals surface area contributed by atoms with Gasteiger partial charge in [0.2, 0.25) is 0 Å². The van der Waals surface area contributed by atoms with E-state index in [1.54, 1.807) is 30.3 Å². The minimum absolute atomic E-state index is 0.0530. The molecule has 0 amide bonds. The van der Waals surface area contributed by atoms with Crippen molar-refractivity contribution in [3.63, 3.8) is 0 Å². The van der Waals surface area contributed by atoms with Crippen LogP contribution in [0.2, 0.25) is 0 Å². The van der Waals surface area contributed by atoms with Gasteiger partial charge in [-0.15, -0.1) is 0 Å². The number of nitrogens with one attached hydrogen (secondary N) is 1. The number of phenolic OH excluding ortho intramolecular Hbond substituents is 1. The van der Waals surface area contributed by atoms with Gasteiger partial charge in [-0.25, -0.2) is 4.79 Å². The number of carbonyl (C=O) groups is 1. The van der Waals surface area contributed by atoms with Gasteiger partial charge in [-0.1, -0.05) is 28.1 Å². The Hall–Kier alpha value is -2.54. The van der Waals surface area contributed by atoms with Crippen LogP contribution in [0.3, 0.4) is 0 Å². The lowest BCUT2D eigenvalue weighted by Gasteiger charge is -2.07. The van der Waals surface area contributed by atoms with Crippen LogP contribution in [0, 0.1) is 0 Å². The maximum Gasteiger partial charge on any atom is 0.337 e. The van der Waals surface area contributed by atoms with Crippen molar-refractivity contribution < 1.29 is 19.7 Å². The van der Waals surface area contributed by atoms with Gasteiger partial charge in [-0.05, 0) is 24.3 Å². The Bertz CT molecular complexity index is 731. The first kappa shape index (κ1) is 15.8. The maximum absolute atomic E-state index is 11.1. The number of carboxylic acid groups (broad SMARTS) is 1. The number of aromatic carboxylic acids is 1. The third kappa shape index (κ3) is 3.56. The molecule has 114 valence electrons. The number of nitrogens with zero attached hydrogens (tertiary/aromatic N) is 1. The summed E-state index contributed by atoms with van der Waals surface area (Å²) >= 11 is 3.30. The topological polar surface area (TPSA) is 91.2 Å². The second-order valence-electron chi connectivity index (χ2n) is 4.27. The van der Waals surface area contributed by atoms with Gasteiger partial charge >= 0.3 is 5.97 Å². The molecule has 0 saturated carbocycles. The number of carboxylic acids is 1. The van der Waals surface area contributed by atoms with Crippen LogP contribution in [0.5, 0.6) is 11.5 Å². The minimum atomic E-state index is -1.05. The number of para-hydroxylation sites is 1. The van der Waals surface area contributed by atoms with Crippen molar-refractivity contribution in [3.8, 4) is 11.5 Å². The predicted molar refractivity (Wildman–Crippen MR) is 87.0 cm³/mol. The van der Waals surface area contributed by atoms with Gasteiger partial charge in [0.1, 0.15) is 0 Å². The highest BCUT2D eigenvalue weighted by Gasteiger charge is 2.09. The van der Waals surface area contributed by atoms with Crippen LogP contribution in [0.15, 0.2) is 46.0 Å². The van der Waals surface area contributed by atoms with Crippen LogP contribution in [0.1, 0.15) is 15.9 Å². The van der Waals surface area contributed by atoms with Crippen molar-refractivity contribution in [2.24, 2.45) is 5.10 Å². The van der Waals surface area contributed by atoms with Crippen LogP contribution < -0.4 is 10.2 Å². The summed E-state index contributed by atoms with van der Waals surface area (Å²) in [7, 11) is 1.45. The number of hydrazone groups is 1. The molecule has 0 aliphatic carbocycles. The summed E-state index contributed by atoms with van der Waals surface area (Å²) in [5.41, 5.74) is 3.53. The number of phenols is 1. The number of benzene rings is 2. The Balaban J connectivity index is 2.24. The van der Waals surface area contributed by atoms with E-state index < -0.39 is 5.97 Å². The zero-order valence-electron chi connectivity index (χ0n) is 11.6. The largest absolute Gasteiger partial charge is 0.504 e. The molecular weight excluding hydrogens is 352 g/mol. The fourth-order valence-corrected chi connectivity index (χ4v) is 2.24. The highest BCUT2D eigenvalue weighted by Crippen LogP contribution is 2.32. The van der Waals surface area contributed by atoms with Crippen molar-refractivity contribution in [2.75, 3.05) is 12.5 Å². The molecule has 0 aliphatic rings. The molecule has 0 aromatic heterocycles. The molecule has 0 heterocycles. The van der Waals surface area contributed by atoms with Crippen LogP contribution in [-0.4, -0.2) is 29.5 Å². The molecule has 2 aromatic rings. The quantitative estimate of drug-likeness (QED) is 0.559. The summed E-state index contributed by atoms with van der Waals surface area (Å²) in [6.07, 6.45) is 1.38. The molecule has 2 rings (SSSR count). The number of anilines is 1. The molecule has 0 aliphatic heterocycles. The monoisotopic (exact) mass is 364 g/mol. The van der Waals surface area contributed by atoms with E-state index >= 15 is 0 Å². The lowest BCUT2D eigenvalue weighted by Crippen LogP contribution is -2.02. The van der Waals surface area contributed by atoms with E-state index in [9.17, 15) is 9.90 Å². The minimum Gasteiger partial charge on any atom is -0.504 e. The third-order valence-electron chi connectivity index (χ3n) is 2.84. The first-order chi connectivity index (χ1) is 10.5. The molecule has 7 heteroatoms. The van der Waals surface area contributed by atoms with Crippen molar-refractivity contribution >= 4 is 33.8 Å². The van der Waals surface area contributed by atoms with Gasteiger partial charge in [-0.3, -0.25) is 5.43 Å². The molecule has 0 fully saturated rings. The van der Waals surface area contributed by atoms with Crippen LogP contribution in [0.4, 0.5) is 5.69 Å².